The standard InChI is InChI=1S/C21H20ClN5O3/c1-11-4-5-13(3)16(8-11)23-17(28)10-26-19-18(24-25-26)20(29)27(21(19)30)14-7-6-12(2)15(22)9-14/h4-9,18-19H,10H2,1-3H3,(H,23,28)/t18-,19-/m1/s1. The molecule has 2 aromatic carbocycles. The molecule has 2 aliphatic heterocycles. The Balaban J connectivity index is 1.51. The van der Waals surface area contributed by atoms with E-state index in [0.29, 0.717) is 16.4 Å². The fourth-order valence-electron chi connectivity index (χ4n) is 3.54. The summed E-state index contributed by atoms with van der Waals surface area (Å²) in [5.74, 6) is -1.30. The number of carbonyl (C=O) groups is 3. The van der Waals surface area contributed by atoms with E-state index in [9.17, 15) is 14.4 Å². The lowest BCUT2D eigenvalue weighted by Crippen LogP contribution is -2.43. The lowest BCUT2D eigenvalue weighted by molar-refractivity contribution is -0.123. The Hall–Kier alpha value is -3.26. The summed E-state index contributed by atoms with van der Waals surface area (Å²) in [5, 5.41) is 12.4. The van der Waals surface area contributed by atoms with Gasteiger partial charge in [0.15, 0.2) is 12.1 Å². The molecular formula is C21H20ClN5O3. The lowest BCUT2D eigenvalue weighted by atomic mass is 10.1. The molecular weight excluding hydrogens is 406 g/mol. The highest BCUT2D eigenvalue weighted by atomic mass is 35.5. The third-order valence-corrected chi connectivity index (χ3v) is 5.65. The van der Waals surface area contributed by atoms with Crippen LogP contribution in [0.1, 0.15) is 16.7 Å². The van der Waals surface area contributed by atoms with Crippen LogP contribution in [0.5, 0.6) is 0 Å². The number of hydrogen-bond acceptors (Lipinski definition) is 6. The number of imide groups is 1. The number of carbonyl (C=O) groups excluding carboxylic acids is 3. The molecule has 3 amide bonds. The molecule has 2 atom stereocenters. The Bertz CT molecular complexity index is 1100. The molecule has 2 heterocycles. The van der Waals surface area contributed by atoms with Gasteiger partial charge in [-0.3, -0.25) is 19.4 Å². The van der Waals surface area contributed by atoms with Gasteiger partial charge in [-0.15, -0.1) is 0 Å². The van der Waals surface area contributed by atoms with Gasteiger partial charge in [-0.1, -0.05) is 35.0 Å². The molecule has 4 rings (SSSR count). The van der Waals surface area contributed by atoms with Gasteiger partial charge in [-0.05, 0) is 55.7 Å². The van der Waals surface area contributed by atoms with E-state index in [-0.39, 0.29) is 12.5 Å². The van der Waals surface area contributed by atoms with Crippen LogP contribution in [0.3, 0.4) is 0 Å². The average molecular weight is 426 g/mol. The van der Waals surface area contributed by atoms with Crippen molar-refractivity contribution in [2.24, 2.45) is 10.3 Å². The van der Waals surface area contributed by atoms with Crippen molar-refractivity contribution in [3.63, 3.8) is 0 Å². The van der Waals surface area contributed by atoms with E-state index in [1.807, 2.05) is 39.0 Å². The van der Waals surface area contributed by atoms with Crippen molar-refractivity contribution < 1.29 is 14.4 Å². The molecule has 0 bridgehead atoms. The molecule has 9 heteroatoms. The van der Waals surface area contributed by atoms with Crippen molar-refractivity contribution in [2.75, 3.05) is 16.8 Å². The summed E-state index contributed by atoms with van der Waals surface area (Å²) in [5.41, 5.74) is 3.84. The van der Waals surface area contributed by atoms with Gasteiger partial charge in [-0.25, -0.2) is 4.90 Å². The van der Waals surface area contributed by atoms with E-state index >= 15 is 0 Å². The molecule has 0 unspecified atom stereocenters. The fraction of sp³-hybridized carbons (Fsp3) is 0.286. The minimum atomic E-state index is -0.967. The molecule has 0 saturated carbocycles. The van der Waals surface area contributed by atoms with Crippen LogP contribution in [0, 0.1) is 20.8 Å². The molecule has 1 N–H and O–H groups in total. The Labute approximate surface area is 178 Å². The molecule has 2 aliphatic rings. The summed E-state index contributed by atoms with van der Waals surface area (Å²) < 4.78 is 0. The van der Waals surface area contributed by atoms with E-state index in [1.54, 1.807) is 18.2 Å². The maximum atomic E-state index is 13.0. The van der Waals surface area contributed by atoms with E-state index in [0.717, 1.165) is 21.6 Å². The molecule has 30 heavy (non-hydrogen) atoms. The lowest BCUT2D eigenvalue weighted by Gasteiger charge is -2.20. The van der Waals surface area contributed by atoms with Crippen molar-refractivity contribution >= 4 is 40.7 Å². The largest absolute Gasteiger partial charge is 0.324 e. The van der Waals surface area contributed by atoms with Crippen molar-refractivity contribution in [1.82, 2.24) is 5.01 Å². The second-order valence-electron chi connectivity index (χ2n) is 7.50. The number of amides is 3. The van der Waals surface area contributed by atoms with Crippen LogP contribution in [0.15, 0.2) is 46.7 Å². The van der Waals surface area contributed by atoms with Crippen LogP contribution in [0.2, 0.25) is 5.02 Å². The number of anilines is 2. The molecule has 8 nitrogen and oxygen atoms in total. The second-order valence-corrected chi connectivity index (χ2v) is 7.91. The van der Waals surface area contributed by atoms with E-state index in [2.05, 4.69) is 15.7 Å². The van der Waals surface area contributed by atoms with Crippen molar-refractivity contribution in [3.8, 4) is 0 Å². The molecule has 0 spiro atoms. The summed E-state index contributed by atoms with van der Waals surface area (Å²) in [4.78, 5) is 39.4. The number of rotatable bonds is 4. The third-order valence-electron chi connectivity index (χ3n) is 5.24. The zero-order chi connectivity index (χ0) is 21.6. The van der Waals surface area contributed by atoms with E-state index < -0.39 is 23.9 Å². The normalized spacial score (nSPS) is 20.1. The summed E-state index contributed by atoms with van der Waals surface area (Å²) in [6, 6.07) is 8.81. The predicted octanol–water partition coefficient (Wildman–Crippen LogP) is 3.20. The van der Waals surface area contributed by atoms with Crippen LogP contribution in [-0.2, 0) is 14.4 Å². The minimum Gasteiger partial charge on any atom is -0.324 e. The van der Waals surface area contributed by atoms with Gasteiger partial charge in [-0.2, -0.15) is 5.11 Å². The first kappa shape index (κ1) is 20.0. The number of nitrogens with one attached hydrogen (secondary N) is 1. The molecule has 154 valence electrons. The van der Waals surface area contributed by atoms with Gasteiger partial charge >= 0.3 is 0 Å². The molecule has 1 fully saturated rings. The topological polar surface area (TPSA) is 94.4 Å². The Kier molecular flexibility index (Phi) is 5.03. The van der Waals surface area contributed by atoms with Gasteiger partial charge in [0.2, 0.25) is 5.91 Å². The van der Waals surface area contributed by atoms with Crippen molar-refractivity contribution in [1.29, 1.82) is 0 Å². The number of halogens is 1. The number of aryl methyl sites for hydroxylation is 3. The SMILES string of the molecule is Cc1ccc(C)c(NC(=O)CN2N=N[C@H]3C(=O)N(c4ccc(C)c(Cl)c4)C(=O)[C@@H]32)c1. The summed E-state index contributed by atoms with van der Waals surface area (Å²) in [6.07, 6.45) is 0. The van der Waals surface area contributed by atoms with Crippen LogP contribution in [0.25, 0.3) is 0 Å². The van der Waals surface area contributed by atoms with Gasteiger partial charge < -0.3 is 5.32 Å². The Morgan fingerprint density at radius 3 is 2.53 bits per heavy atom. The van der Waals surface area contributed by atoms with Gasteiger partial charge in [0.1, 0.15) is 6.54 Å². The third kappa shape index (κ3) is 3.43. The molecule has 0 aliphatic carbocycles. The predicted molar refractivity (Wildman–Crippen MR) is 112 cm³/mol. The Morgan fingerprint density at radius 2 is 1.80 bits per heavy atom. The monoisotopic (exact) mass is 425 g/mol. The first-order chi connectivity index (χ1) is 14.3. The first-order valence-electron chi connectivity index (χ1n) is 9.45. The zero-order valence-corrected chi connectivity index (χ0v) is 17.5. The number of hydrogen-bond donors (Lipinski definition) is 1. The van der Waals surface area contributed by atoms with Crippen LogP contribution < -0.4 is 10.2 Å². The molecule has 0 aromatic heterocycles. The molecule has 1 saturated heterocycles. The maximum Gasteiger partial charge on any atom is 0.263 e. The minimum absolute atomic E-state index is 0.195. The maximum absolute atomic E-state index is 13.0. The van der Waals surface area contributed by atoms with Crippen LogP contribution in [-0.4, -0.2) is 41.4 Å². The summed E-state index contributed by atoms with van der Waals surface area (Å²) >= 11 is 6.15. The quantitative estimate of drug-likeness (QED) is 0.761. The van der Waals surface area contributed by atoms with Gasteiger partial charge in [0.05, 0.1) is 5.69 Å². The summed E-state index contributed by atoms with van der Waals surface area (Å²) in [6.45, 7) is 5.46. The number of fused-ring (bicyclic) bond motifs is 1. The van der Waals surface area contributed by atoms with Crippen molar-refractivity contribution in [3.05, 3.63) is 58.1 Å². The van der Waals surface area contributed by atoms with Gasteiger partial charge in [0, 0.05) is 10.7 Å². The van der Waals surface area contributed by atoms with E-state index in [4.69, 9.17) is 11.6 Å². The van der Waals surface area contributed by atoms with Crippen LogP contribution in [0.4, 0.5) is 11.4 Å². The molecule has 0 radical (unpaired) electrons. The number of nitrogens with zero attached hydrogens (tertiary/aromatic N) is 4. The van der Waals surface area contributed by atoms with Crippen LogP contribution >= 0.6 is 11.6 Å². The Morgan fingerprint density at radius 1 is 1.07 bits per heavy atom. The average Bonchev–Trinajstić information content (AvgIpc) is 3.21. The van der Waals surface area contributed by atoms with Gasteiger partial charge in [0.25, 0.3) is 11.8 Å². The smallest absolute Gasteiger partial charge is 0.263 e. The molecule has 2 aromatic rings. The van der Waals surface area contributed by atoms with E-state index in [1.165, 1.54) is 5.01 Å². The highest BCUT2D eigenvalue weighted by molar-refractivity contribution is 6.32. The summed E-state index contributed by atoms with van der Waals surface area (Å²) in [7, 11) is 0. The second kappa shape index (κ2) is 7.53. The fourth-order valence-corrected chi connectivity index (χ4v) is 3.71. The highest BCUT2D eigenvalue weighted by Gasteiger charge is 2.55. The zero-order valence-electron chi connectivity index (χ0n) is 16.7. The number of benzene rings is 2. The highest BCUT2D eigenvalue weighted by Crippen LogP contribution is 2.33. The first-order valence-corrected chi connectivity index (χ1v) is 9.82. The van der Waals surface area contributed by atoms with Crippen molar-refractivity contribution in [2.45, 2.75) is 32.9 Å².